The van der Waals surface area contributed by atoms with Crippen LogP contribution in [-0.2, 0) is 12.7 Å². The molecule has 0 aromatic heterocycles. The van der Waals surface area contributed by atoms with Gasteiger partial charge in [0, 0.05) is 17.3 Å². The molecular formula is C15H12ClF4N. The van der Waals surface area contributed by atoms with Gasteiger partial charge in [0.15, 0.2) is 0 Å². The number of hydrogen-bond acceptors (Lipinski definition) is 1. The summed E-state index contributed by atoms with van der Waals surface area (Å²) in [6.45, 7) is 1.88. The highest BCUT2D eigenvalue weighted by atomic mass is 35.5. The Morgan fingerprint density at radius 3 is 2.43 bits per heavy atom. The van der Waals surface area contributed by atoms with Gasteiger partial charge in [0.25, 0.3) is 0 Å². The van der Waals surface area contributed by atoms with Crippen molar-refractivity contribution in [2.75, 3.05) is 5.32 Å². The summed E-state index contributed by atoms with van der Waals surface area (Å²) in [5.74, 6) is -0.486. The van der Waals surface area contributed by atoms with E-state index in [1.807, 2.05) is 0 Å². The summed E-state index contributed by atoms with van der Waals surface area (Å²) in [7, 11) is 0. The third kappa shape index (κ3) is 4.11. The maximum atomic E-state index is 13.2. The zero-order valence-electron chi connectivity index (χ0n) is 11.1. The first-order chi connectivity index (χ1) is 9.75. The van der Waals surface area contributed by atoms with Crippen LogP contribution < -0.4 is 5.32 Å². The number of nitrogens with one attached hydrogen (secondary N) is 1. The van der Waals surface area contributed by atoms with E-state index in [2.05, 4.69) is 5.32 Å². The second kappa shape index (κ2) is 5.93. The van der Waals surface area contributed by atoms with Gasteiger partial charge in [-0.05, 0) is 48.4 Å². The largest absolute Gasteiger partial charge is 0.416 e. The molecule has 0 aliphatic heterocycles. The number of benzene rings is 2. The Kier molecular flexibility index (Phi) is 4.42. The quantitative estimate of drug-likeness (QED) is 0.745. The standard InChI is InChI=1S/C15H12ClF4N/c1-9-2-3-11(15(18,19)20)6-14(9)21-8-10-4-12(16)7-13(17)5-10/h2-7,21H,8H2,1H3. The molecule has 2 aromatic rings. The molecule has 112 valence electrons. The van der Waals surface area contributed by atoms with Crippen LogP contribution in [0.2, 0.25) is 5.02 Å². The van der Waals surface area contributed by atoms with Crippen LogP contribution in [-0.4, -0.2) is 0 Å². The number of rotatable bonds is 3. The third-order valence-corrected chi connectivity index (χ3v) is 3.19. The molecule has 1 nitrogen and oxygen atoms in total. The van der Waals surface area contributed by atoms with Gasteiger partial charge in [-0.3, -0.25) is 0 Å². The Bertz CT molecular complexity index is 632. The fourth-order valence-corrected chi connectivity index (χ4v) is 2.14. The Morgan fingerprint density at radius 2 is 1.81 bits per heavy atom. The van der Waals surface area contributed by atoms with Gasteiger partial charge in [0.2, 0.25) is 0 Å². The lowest BCUT2D eigenvalue weighted by molar-refractivity contribution is -0.137. The molecule has 0 bridgehead atoms. The summed E-state index contributed by atoms with van der Waals surface area (Å²) in [6.07, 6.45) is -4.40. The van der Waals surface area contributed by atoms with Gasteiger partial charge in [-0.1, -0.05) is 17.7 Å². The second-order valence-electron chi connectivity index (χ2n) is 4.66. The lowest BCUT2D eigenvalue weighted by Gasteiger charge is -2.13. The number of anilines is 1. The number of hydrogen-bond donors (Lipinski definition) is 1. The summed E-state index contributed by atoms with van der Waals surface area (Å²) >= 11 is 5.73. The molecular weight excluding hydrogens is 306 g/mol. The smallest absolute Gasteiger partial charge is 0.381 e. The highest BCUT2D eigenvalue weighted by Crippen LogP contribution is 2.32. The minimum absolute atomic E-state index is 0.180. The normalized spacial score (nSPS) is 11.5. The molecule has 0 aliphatic rings. The van der Waals surface area contributed by atoms with Crippen LogP contribution >= 0.6 is 11.6 Å². The van der Waals surface area contributed by atoms with E-state index in [0.717, 1.165) is 12.1 Å². The molecule has 0 amide bonds. The zero-order valence-corrected chi connectivity index (χ0v) is 11.8. The third-order valence-electron chi connectivity index (χ3n) is 2.97. The van der Waals surface area contributed by atoms with Crippen LogP contribution in [0, 0.1) is 12.7 Å². The van der Waals surface area contributed by atoms with Crippen molar-refractivity contribution in [3.05, 3.63) is 63.9 Å². The first-order valence-corrected chi connectivity index (χ1v) is 6.50. The van der Waals surface area contributed by atoms with Gasteiger partial charge in [-0.25, -0.2) is 4.39 Å². The molecule has 0 saturated heterocycles. The van der Waals surface area contributed by atoms with Crippen LogP contribution in [0.4, 0.5) is 23.2 Å². The molecule has 1 N–H and O–H groups in total. The van der Waals surface area contributed by atoms with Crippen molar-refractivity contribution < 1.29 is 17.6 Å². The van der Waals surface area contributed by atoms with Crippen LogP contribution in [0.3, 0.4) is 0 Å². The Hall–Kier alpha value is -1.75. The molecule has 0 spiro atoms. The van der Waals surface area contributed by atoms with Crippen molar-refractivity contribution in [2.45, 2.75) is 19.6 Å². The monoisotopic (exact) mass is 317 g/mol. The van der Waals surface area contributed by atoms with Crippen LogP contribution in [0.25, 0.3) is 0 Å². The van der Waals surface area contributed by atoms with E-state index in [-0.39, 0.29) is 11.6 Å². The number of aryl methyl sites for hydroxylation is 1. The van der Waals surface area contributed by atoms with E-state index in [9.17, 15) is 17.6 Å². The van der Waals surface area contributed by atoms with Crippen LogP contribution in [0.15, 0.2) is 36.4 Å². The summed E-state index contributed by atoms with van der Waals surface area (Å²) < 4.78 is 51.2. The average Bonchev–Trinajstić information content (AvgIpc) is 2.35. The van der Waals surface area contributed by atoms with Gasteiger partial charge in [-0.2, -0.15) is 13.2 Å². The van der Waals surface area contributed by atoms with E-state index in [1.54, 1.807) is 13.0 Å². The number of halogens is 5. The Labute approximate surface area is 124 Å². The van der Waals surface area contributed by atoms with E-state index in [1.165, 1.54) is 18.2 Å². The fourth-order valence-electron chi connectivity index (χ4n) is 1.90. The molecule has 0 aliphatic carbocycles. The van der Waals surface area contributed by atoms with E-state index < -0.39 is 17.6 Å². The summed E-state index contributed by atoms with van der Waals surface area (Å²) in [6, 6.07) is 7.46. The maximum Gasteiger partial charge on any atom is 0.416 e. The van der Waals surface area contributed by atoms with Crippen molar-refractivity contribution in [2.24, 2.45) is 0 Å². The van der Waals surface area contributed by atoms with E-state index >= 15 is 0 Å². The molecule has 0 saturated carbocycles. The van der Waals surface area contributed by atoms with Crippen molar-refractivity contribution in [1.82, 2.24) is 0 Å². The Balaban J connectivity index is 2.19. The van der Waals surface area contributed by atoms with Crippen LogP contribution in [0.5, 0.6) is 0 Å². The van der Waals surface area contributed by atoms with Crippen molar-refractivity contribution in [3.63, 3.8) is 0 Å². The molecule has 0 unspecified atom stereocenters. The molecule has 0 heterocycles. The zero-order chi connectivity index (χ0) is 15.6. The molecule has 2 aromatic carbocycles. The lowest BCUT2D eigenvalue weighted by atomic mass is 10.1. The maximum absolute atomic E-state index is 13.2. The summed E-state index contributed by atoms with van der Waals surface area (Å²) in [4.78, 5) is 0. The van der Waals surface area contributed by atoms with E-state index in [0.29, 0.717) is 16.8 Å². The summed E-state index contributed by atoms with van der Waals surface area (Å²) in [5, 5.41) is 3.11. The Morgan fingerprint density at radius 1 is 1.10 bits per heavy atom. The van der Waals surface area contributed by atoms with Gasteiger partial charge < -0.3 is 5.32 Å². The highest BCUT2D eigenvalue weighted by molar-refractivity contribution is 6.30. The van der Waals surface area contributed by atoms with Gasteiger partial charge in [-0.15, -0.1) is 0 Å². The van der Waals surface area contributed by atoms with Gasteiger partial charge in [0.05, 0.1) is 5.56 Å². The van der Waals surface area contributed by atoms with Gasteiger partial charge in [0.1, 0.15) is 5.82 Å². The molecule has 0 radical (unpaired) electrons. The lowest BCUT2D eigenvalue weighted by Crippen LogP contribution is -2.07. The van der Waals surface area contributed by atoms with Gasteiger partial charge >= 0.3 is 6.18 Å². The molecule has 0 fully saturated rings. The first kappa shape index (κ1) is 15.6. The van der Waals surface area contributed by atoms with Crippen molar-refractivity contribution in [1.29, 1.82) is 0 Å². The second-order valence-corrected chi connectivity index (χ2v) is 5.10. The molecule has 21 heavy (non-hydrogen) atoms. The molecule has 6 heteroatoms. The predicted molar refractivity (Wildman–Crippen MR) is 74.9 cm³/mol. The van der Waals surface area contributed by atoms with E-state index in [4.69, 9.17) is 11.6 Å². The minimum Gasteiger partial charge on any atom is -0.381 e. The predicted octanol–water partition coefficient (Wildman–Crippen LogP) is 5.42. The van der Waals surface area contributed by atoms with Crippen molar-refractivity contribution in [3.8, 4) is 0 Å². The molecule has 2 rings (SSSR count). The summed E-state index contributed by atoms with van der Waals surface area (Å²) in [5.41, 5.74) is 0.848. The topological polar surface area (TPSA) is 12.0 Å². The van der Waals surface area contributed by atoms with Crippen LogP contribution in [0.1, 0.15) is 16.7 Å². The average molecular weight is 318 g/mol. The highest BCUT2D eigenvalue weighted by Gasteiger charge is 2.30. The van der Waals surface area contributed by atoms with Crippen molar-refractivity contribution >= 4 is 17.3 Å². The first-order valence-electron chi connectivity index (χ1n) is 6.12. The fraction of sp³-hybridized carbons (Fsp3) is 0.200. The SMILES string of the molecule is Cc1ccc(C(F)(F)F)cc1NCc1cc(F)cc(Cl)c1. The minimum atomic E-state index is -4.40. The number of alkyl halides is 3. The molecule has 0 atom stereocenters.